The maximum absolute atomic E-state index is 13.2. The first-order valence-electron chi connectivity index (χ1n) is 9.03. The van der Waals surface area contributed by atoms with Crippen LogP contribution in [-0.4, -0.2) is 40.8 Å². The van der Waals surface area contributed by atoms with Gasteiger partial charge in [0.1, 0.15) is 6.54 Å². The molecule has 3 rings (SSSR count). The highest BCUT2D eigenvalue weighted by atomic mass is 32.2. The highest BCUT2D eigenvalue weighted by Crippen LogP contribution is 2.24. The standard InChI is InChI=1S/C21H21N3O4S/c1-14(15-8-4-3-5-9-15)24-20(27)16-10-6-7-11-17(16)23-21(24)29-13-18(25)22-12-19(26)28-2/h3-11,14H,12-13H2,1-2H3,(H,22,25)/t14-/m0/s1. The molecule has 1 atom stereocenters. The van der Waals surface area contributed by atoms with E-state index in [0.29, 0.717) is 16.1 Å². The summed E-state index contributed by atoms with van der Waals surface area (Å²) in [5.74, 6) is -0.855. The van der Waals surface area contributed by atoms with E-state index in [1.54, 1.807) is 22.8 Å². The number of nitrogens with one attached hydrogen (secondary N) is 1. The van der Waals surface area contributed by atoms with Gasteiger partial charge in [-0.05, 0) is 24.6 Å². The zero-order valence-electron chi connectivity index (χ0n) is 16.1. The molecule has 1 N–H and O–H groups in total. The van der Waals surface area contributed by atoms with Crippen LogP contribution in [-0.2, 0) is 14.3 Å². The van der Waals surface area contributed by atoms with Crippen molar-refractivity contribution in [3.63, 3.8) is 0 Å². The lowest BCUT2D eigenvalue weighted by Crippen LogP contribution is -2.32. The minimum Gasteiger partial charge on any atom is -0.468 e. The van der Waals surface area contributed by atoms with Crippen LogP contribution in [0.3, 0.4) is 0 Å². The number of hydrogen-bond acceptors (Lipinski definition) is 6. The lowest BCUT2D eigenvalue weighted by atomic mass is 10.1. The zero-order valence-corrected chi connectivity index (χ0v) is 16.9. The number of thioether (sulfide) groups is 1. The Labute approximate surface area is 172 Å². The van der Waals surface area contributed by atoms with Gasteiger partial charge in [0, 0.05) is 0 Å². The number of aromatic nitrogens is 2. The van der Waals surface area contributed by atoms with E-state index in [4.69, 9.17) is 0 Å². The molecule has 0 saturated heterocycles. The largest absolute Gasteiger partial charge is 0.468 e. The molecule has 0 aliphatic rings. The number of benzene rings is 2. The first-order valence-corrected chi connectivity index (χ1v) is 10.0. The van der Waals surface area contributed by atoms with E-state index in [-0.39, 0.29) is 29.8 Å². The van der Waals surface area contributed by atoms with Crippen molar-refractivity contribution in [3.05, 3.63) is 70.5 Å². The lowest BCUT2D eigenvalue weighted by Gasteiger charge is -2.20. The number of amides is 1. The van der Waals surface area contributed by atoms with Crippen molar-refractivity contribution in [2.45, 2.75) is 18.1 Å². The van der Waals surface area contributed by atoms with Gasteiger partial charge in [0.2, 0.25) is 5.91 Å². The predicted molar refractivity (Wildman–Crippen MR) is 112 cm³/mol. The summed E-state index contributed by atoms with van der Waals surface area (Å²) in [6, 6.07) is 16.5. The summed E-state index contributed by atoms with van der Waals surface area (Å²) in [6.07, 6.45) is 0. The molecule has 0 saturated carbocycles. The summed E-state index contributed by atoms with van der Waals surface area (Å²) < 4.78 is 6.12. The van der Waals surface area contributed by atoms with E-state index in [1.165, 1.54) is 7.11 Å². The summed E-state index contributed by atoms with van der Waals surface area (Å²) in [7, 11) is 1.26. The molecule has 0 aliphatic heterocycles. The molecule has 3 aromatic rings. The van der Waals surface area contributed by atoms with Gasteiger partial charge in [-0.15, -0.1) is 0 Å². The topological polar surface area (TPSA) is 90.3 Å². The summed E-state index contributed by atoms with van der Waals surface area (Å²) in [5, 5.41) is 3.45. The molecule has 1 heterocycles. The highest BCUT2D eigenvalue weighted by molar-refractivity contribution is 7.99. The van der Waals surface area contributed by atoms with Crippen LogP contribution in [0.4, 0.5) is 0 Å². The van der Waals surface area contributed by atoms with Crippen molar-refractivity contribution in [2.24, 2.45) is 0 Å². The van der Waals surface area contributed by atoms with Crippen molar-refractivity contribution in [3.8, 4) is 0 Å². The first kappa shape index (κ1) is 20.6. The van der Waals surface area contributed by atoms with Crippen LogP contribution in [0, 0.1) is 0 Å². The fourth-order valence-electron chi connectivity index (χ4n) is 2.87. The first-order chi connectivity index (χ1) is 14.0. The summed E-state index contributed by atoms with van der Waals surface area (Å²) in [6.45, 7) is 1.73. The quantitative estimate of drug-likeness (QED) is 0.365. The average Bonchev–Trinajstić information content (AvgIpc) is 2.76. The van der Waals surface area contributed by atoms with Gasteiger partial charge in [0.05, 0.1) is 29.8 Å². The maximum Gasteiger partial charge on any atom is 0.325 e. The van der Waals surface area contributed by atoms with Crippen molar-refractivity contribution in [2.75, 3.05) is 19.4 Å². The molecule has 0 aliphatic carbocycles. The molecular weight excluding hydrogens is 390 g/mol. The predicted octanol–water partition coefficient (Wildman–Crippen LogP) is 2.39. The SMILES string of the molecule is COC(=O)CNC(=O)CSc1nc2ccccc2c(=O)n1[C@@H](C)c1ccccc1. The molecule has 8 heteroatoms. The third kappa shape index (κ3) is 4.83. The Morgan fingerprint density at radius 1 is 1.14 bits per heavy atom. The van der Waals surface area contributed by atoms with Gasteiger partial charge in [0.15, 0.2) is 5.16 Å². The summed E-state index contributed by atoms with van der Waals surface area (Å²) in [5.41, 5.74) is 1.37. The number of fused-ring (bicyclic) bond motifs is 1. The van der Waals surface area contributed by atoms with E-state index in [9.17, 15) is 14.4 Å². The molecule has 2 aromatic carbocycles. The molecule has 0 fully saturated rings. The third-order valence-electron chi connectivity index (χ3n) is 4.43. The number of carbonyl (C=O) groups is 2. The Balaban J connectivity index is 1.93. The monoisotopic (exact) mass is 411 g/mol. The van der Waals surface area contributed by atoms with Crippen molar-refractivity contribution < 1.29 is 14.3 Å². The normalized spacial score (nSPS) is 11.8. The van der Waals surface area contributed by atoms with Gasteiger partial charge in [-0.1, -0.05) is 54.2 Å². The molecule has 0 spiro atoms. The van der Waals surface area contributed by atoms with Gasteiger partial charge in [0.25, 0.3) is 5.56 Å². The van der Waals surface area contributed by atoms with Crippen LogP contribution < -0.4 is 10.9 Å². The molecular formula is C21H21N3O4S. The van der Waals surface area contributed by atoms with E-state index < -0.39 is 5.97 Å². The van der Waals surface area contributed by atoms with E-state index in [2.05, 4.69) is 15.0 Å². The molecule has 0 bridgehead atoms. The van der Waals surface area contributed by atoms with Crippen LogP contribution in [0.2, 0.25) is 0 Å². The van der Waals surface area contributed by atoms with Gasteiger partial charge < -0.3 is 10.1 Å². The Morgan fingerprint density at radius 2 is 1.83 bits per heavy atom. The lowest BCUT2D eigenvalue weighted by molar-refractivity contribution is -0.140. The Bertz CT molecular complexity index is 1080. The van der Waals surface area contributed by atoms with E-state index >= 15 is 0 Å². The van der Waals surface area contributed by atoms with Gasteiger partial charge in [-0.25, -0.2) is 4.98 Å². The van der Waals surface area contributed by atoms with Crippen LogP contribution in [0.25, 0.3) is 10.9 Å². The molecule has 0 unspecified atom stereocenters. The van der Waals surface area contributed by atoms with Crippen LogP contribution in [0.15, 0.2) is 64.5 Å². The van der Waals surface area contributed by atoms with Crippen LogP contribution in [0.5, 0.6) is 0 Å². The van der Waals surface area contributed by atoms with Gasteiger partial charge >= 0.3 is 5.97 Å². The van der Waals surface area contributed by atoms with Crippen LogP contribution >= 0.6 is 11.8 Å². The minimum atomic E-state index is -0.526. The second-order valence-corrected chi connectivity index (χ2v) is 7.26. The Hall–Kier alpha value is -3.13. The molecule has 1 amide bonds. The molecule has 7 nitrogen and oxygen atoms in total. The number of rotatable bonds is 7. The Kier molecular flexibility index (Phi) is 6.66. The minimum absolute atomic E-state index is 0.0171. The Morgan fingerprint density at radius 3 is 2.55 bits per heavy atom. The van der Waals surface area contributed by atoms with Crippen molar-refractivity contribution in [1.29, 1.82) is 0 Å². The van der Waals surface area contributed by atoms with Gasteiger partial charge in [-0.2, -0.15) is 0 Å². The summed E-state index contributed by atoms with van der Waals surface area (Å²) in [4.78, 5) is 41.1. The van der Waals surface area contributed by atoms with Crippen molar-refractivity contribution >= 4 is 34.5 Å². The second-order valence-electron chi connectivity index (χ2n) is 6.31. The fourth-order valence-corrected chi connectivity index (χ4v) is 3.78. The smallest absolute Gasteiger partial charge is 0.325 e. The fraction of sp³-hybridized carbons (Fsp3) is 0.238. The number of ether oxygens (including phenoxy) is 1. The third-order valence-corrected chi connectivity index (χ3v) is 5.39. The van der Waals surface area contributed by atoms with E-state index in [1.807, 2.05) is 43.3 Å². The number of carbonyl (C=O) groups excluding carboxylic acids is 2. The molecule has 29 heavy (non-hydrogen) atoms. The molecule has 1 aromatic heterocycles. The van der Waals surface area contributed by atoms with E-state index in [0.717, 1.165) is 17.3 Å². The van der Waals surface area contributed by atoms with Crippen molar-refractivity contribution in [1.82, 2.24) is 14.9 Å². The zero-order chi connectivity index (χ0) is 20.8. The number of hydrogen-bond donors (Lipinski definition) is 1. The molecule has 0 radical (unpaired) electrons. The maximum atomic E-state index is 13.2. The molecule has 150 valence electrons. The average molecular weight is 411 g/mol. The highest BCUT2D eigenvalue weighted by Gasteiger charge is 2.19. The summed E-state index contributed by atoms with van der Waals surface area (Å²) >= 11 is 1.15. The number of esters is 1. The van der Waals surface area contributed by atoms with Crippen LogP contribution in [0.1, 0.15) is 18.5 Å². The number of para-hydroxylation sites is 1. The number of nitrogens with zero attached hydrogens (tertiary/aromatic N) is 2. The number of methoxy groups -OCH3 is 1. The van der Waals surface area contributed by atoms with Gasteiger partial charge in [-0.3, -0.25) is 19.0 Å². The second kappa shape index (κ2) is 9.38.